The number of hydrogen-bond acceptors (Lipinski definition) is 1. The van der Waals surface area contributed by atoms with E-state index in [1.54, 1.807) is 4.90 Å². The van der Waals surface area contributed by atoms with E-state index in [0.29, 0.717) is 6.54 Å². The van der Waals surface area contributed by atoms with Gasteiger partial charge in [0.1, 0.15) is 0 Å². The molecule has 0 aromatic heterocycles. The molecule has 0 heterocycles. The Bertz CT molecular complexity index is 408. The maximum Gasteiger partial charge on any atom is 0.345 e. The minimum absolute atomic E-state index is 0.325. The van der Waals surface area contributed by atoms with Crippen molar-refractivity contribution in [2.75, 3.05) is 11.4 Å². The molecule has 4 nitrogen and oxygen atoms in total. The summed E-state index contributed by atoms with van der Waals surface area (Å²) in [6.07, 6.45) is 0.899. The van der Waals surface area contributed by atoms with Crippen LogP contribution < -0.4 is 4.90 Å². The lowest BCUT2D eigenvalue weighted by atomic mass is 10.2. The second kappa shape index (κ2) is 5.08. The largest absolute Gasteiger partial charge is 0.361 e. The Morgan fingerprint density at radius 1 is 1.53 bits per heavy atom. The van der Waals surface area contributed by atoms with Gasteiger partial charge in [-0.1, -0.05) is 18.2 Å². The summed E-state index contributed by atoms with van der Waals surface area (Å²) < 4.78 is 0. The molecule has 1 amide bonds. The molecule has 0 aliphatic rings. The summed E-state index contributed by atoms with van der Waals surface area (Å²) in [5, 5.41) is 0. The van der Waals surface area contributed by atoms with Crippen molar-refractivity contribution in [2.24, 2.45) is 0 Å². The van der Waals surface area contributed by atoms with Crippen molar-refractivity contribution in [2.45, 2.75) is 13.8 Å². The van der Waals surface area contributed by atoms with Gasteiger partial charge in [0.2, 0.25) is 0 Å². The Balaban J connectivity index is 3.07. The maximum absolute atomic E-state index is 11.5. The lowest BCUT2D eigenvalue weighted by molar-refractivity contribution is -0.115. The fourth-order valence-electron chi connectivity index (χ4n) is 1.43. The number of amides is 1. The number of rotatable bonds is 3. The molecule has 4 heteroatoms. The van der Waals surface area contributed by atoms with Gasteiger partial charge in [-0.25, -0.2) is 0 Å². The van der Waals surface area contributed by atoms with Gasteiger partial charge >= 0.3 is 12.1 Å². The first kappa shape index (κ1) is 11.1. The quantitative estimate of drug-likeness (QED) is 0.418. The first-order valence-corrected chi connectivity index (χ1v) is 4.75. The normalized spacial score (nSPS) is 9.20. The molecule has 0 saturated heterocycles. The third-order valence-corrected chi connectivity index (χ3v) is 2.16. The van der Waals surface area contributed by atoms with E-state index < -0.39 is 0 Å². The fourth-order valence-corrected chi connectivity index (χ4v) is 1.43. The molecule has 1 aromatic carbocycles. The van der Waals surface area contributed by atoms with Crippen LogP contribution in [0.3, 0.4) is 0 Å². The number of para-hydroxylation sites is 1. The average molecular weight is 203 g/mol. The number of carbonyl (C=O) groups excluding carboxylic acids is 1. The van der Waals surface area contributed by atoms with Crippen LogP contribution in [0.5, 0.6) is 0 Å². The zero-order valence-electron chi connectivity index (χ0n) is 8.84. The van der Waals surface area contributed by atoms with Crippen molar-refractivity contribution in [3.63, 3.8) is 0 Å². The number of aryl methyl sites for hydroxylation is 1. The van der Waals surface area contributed by atoms with Crippen molar-refractivity contribution < 1.29 is 9.58 Å². The highest BCUT2D eigenvalue weighted by atomic mass is 16.2. The molecule has 78 valence electrons. The van der Waals surface area contributed by atoms with E-state index in [1.807, 2.05) is 38.1 Å². The van der Waals surface area contributed by atoms with Crippen LogP contribution in [-0.2, 0) is 4.79 Å². The van der Waals surface area contributed by atoms with Crippen LogP contribution in [-0.4, -0.2) is 23.5 Å². The fraction of sp³-hybridized carbons (Fsp3) is 0.273. The van der Waals surface area contributed by atoms with Gasteiger partial charge in [0.25, 0.3) is 0 Å². The van der Waals surface area contributed by atoms with Gasteiger partial charge in [-0.05, 0) is 25.5 Å². The van der Waals surface area contributed by atoms with Crippen LogP contribution in [0.25, 0.3) is 5.53 Å². The lowest BCUT2D eigenvalue weighted by Crippen LogP contribution is -2.32. The number of carbonyl (C=O) groups is 1. The van der Waals surface area contributed by atoms with Gasteiger partial charge in [0, 0.05) is 12.2 Å². The molecule has 1 rings (SSSR count). The highest BCUT2D eigenvalue weighted by molar-refractivity contribution is 6.30. The summed E-state index contributed by atoms with van der Waals surface area (Å²) in [5.74, 6) is -0.325. The van der Waals surface area contributed by atoms with Crippen molar-refractivity contribution >= 4 is 17.8 Å². The van der Waals surface area contributed by atoms with Crippen LogP contribution >= 0.6 is 0 Å². The van der Waals surface area contributed by atoms with Gasteiger partial charge in [-0.15, -0.1) is 0 Å². The second-order valence-corrected chi connectivity index (χ2v) is 3.11. The van der Waals surface area contributed by atoms with Gasteiger partial charge in [0.05, 0.1) is 0 Å². The molecule has 0 unspecified atom stereocenters. The zero-order chi connectivity index (χ0) is 11.3. The Morgan fingerprint density at radius 3 is 2.73 bits per heavy atom. The van der Waals surface area contributed by atoms with Crippen LogP contribution in [0.1, 0.15) is 12.5 Å². The molecule has 0 bridgehead atoms. The topological polar surface area (TPSA) is 56.7 Å². The van der Waals surface area contributed by atoms with E-state index in [0.717, 1.165) is 17.5 Å². The summed E-state index contributed by atoms with van der Waals surface area (Å²) >= 11 is 0. The van der Waals surface area contributed by atoms with E-state index in [1.165, 1.54) is 0 Å². The molecule has 0 atom stereocenters. The van der Waals surface area contributed by atoms with Crippen LogP contribution in [0, 0.1) is 6.92 Å². The predicted octanol–water partition coefficient (Wildman–Crippen LogP) is 1.65. The Labute approximate surface area is 88.8 Å². The summed E-state index contributed by atoms with van der Waals surface area (Å²) in [5.41, 5.74) is 10.2. The highest BCUT2D eigenvalue weighted by Gasteiger charge is 2.16. The smallest absolute Gasteiger partial charge is 0.345 e. The molecule has 0 N–H and O–H groups in total. The highest BCUT2D eigenvalue weighted by Crippen LogP contribution is 2.18. The summed E-state index contributed by atoms with van der Waals surface area (Å²) in [6.45, 7) is 4.34. The Morgan fingerprint density at radius 2 is 2.20 bits per heavy atom. The Hall–Kier alpha value is -1.93. The lowest BCUT2D eigenvalue weighted by Gasteiger charge is -2.19. The van der Waals surface area contributed by atoms with Gasteiger partial charge in [-0.2, -0.15) is 4.79 Å². The molecule has 0 aliphatic heterocycles. The van der Waals surface area contributed by atoms with Crippen LogP contribution in [0.4, 0.5) is 5.69 Å². The molecular formula is C11H13N3O. The van der Waals surface area contributed by atoms with Gasteiger partial charge in [-0.3, -0.25) is 4.79 Å². The van der Waals surface area contributed by atoms with Crippen molar-refractivity contribution in [3.05, 3.63) is 35.4 Å². The Kier molecular flexibility index (Phi) is 3.77. The van der Waals surface area contributed by atoms with Gasteiger partial charge < -0.3 is 10.4 Å². The first-order chi connectivity index (χ1) is 7.20. The standard InChI is InChI=1S/C11H13N3O/c1-3-14(11(15)8-13-12)10-7-5-4-6-9(10)2/h4-8H,3H2,1-2H3. The third kappa shape index (κ3) is 2.51. The summed E-state index contributed by atoms with van der Waals surface area (Å²) in [6, 6.07) is 7.58. The summed E-state index contributed by atoms with van der Waals surface area (Å²) in [4.78, 5) is 15.8. The van der Waals surface area contributed by atoms with Crippen molar-refractivity contribution in [3.8, 4) is 0 Å². The second-order valence-electron chi connectivity index (χ2n) is 3.11. The van der Waals surface area contributed by atoms with Crippen molar-refractivity contribution in [1.82, 2.24) is 0 Å². The summed E-state index contributed by atoms with van der Waals surface area (Å²) in [7, 11) is 0. The monoisotopic (exact) mass is 203 g/mol. The average Bonchev–Trinajstić information content (AvgIpc) is 2.22. The first-order valence-electron chi connectivity index (χ1n) is 4.75. The van der Waals surface area contributed by atoms with E-state index in [-0.39, 0.29) is 5.91 Å². The number of anilines is 1. The molecule has 1 aromatic rings. The molecule has 0 radical (unpaired) electrons. The molecular weight excluding hydrogens is 190 g/mol. The molecule has 0 fully saturated rings. The van der Waals surface area contributed by atoms with E-state index >= 15 is 0 Å². The number of hydrogen-bond donors (Lipinski definition) is 0. The third-order valence-electron chi connectivity index (χ3n) is 2.16. The molecule has 0 saturated carbocycles. The minimum Gasteiger partial charge on any atom is -0.361 e. The van der Waals surface area contributed by atoms with Crippen molar-refractivity contribution in [1.29, 1.82) is 0 Å². The van der Waals surface area contributed by atoms with Crippen LogP contribution in [0.15, 0.2) is 24.3 Å². The van der Waals surface area contributed by atoms with Crippen LogP contribution in [0.2, 0.25) is 0 Å². The van der Waals surface area contributed by atoms with E-state index in [2.05, 4.69) is 4.79 Å². The SMILES string of the molecule is CCN(C(=O)C=[N+]=[N-])c1ccccc1C. The van der Waals surface area contributed by atoms with E-state index in [9.17, 15) is 4.79 Å². The minimum atomic E-state index is -0.325. The molecule has 0 aliphatic carbocycles. The predicted molar refractivity (Wildman–Crippen MR) is 58.9 cm³/mol. The number of nitrogens with zero attached hydrogens (tertiary/aromatic N) is 3. The van der Waals surface area contributed by atoms with Gasteiger partial charge in [0.15, 0.2) is 0 Å². The zero-order valence-corrected chi connectivity index (χ0v) is 8.84. The molecule has 15 heavy (non-hydrogen) atoms. The van der Waals surface area contributed by atoms with E-state index in [4.69, 9.17) is 5.53 Å². The number of benzene rings is 1. The molecule has 0 spiro atoms. The maximum atomic E-state index is 11.5.